The molecule has 0 amide bonds. The lowest BCUT2D eigenvalue weighted by Crippen LogP contribution is -2.13. The van der Waals surface area contributed by atoms with Crippen LogP contribution < -0.4 is 10.1 Å². The molecule has 0 atom stereocenters. The molecular weight excluding hydrogens is 380 g/mol. The third-order valence-corrected chi connectivity index (χ3v) is 5.99. The molecule has 0 saturated heterocycles. The van der Waals surface area contributed by atoms with Gasteiger partial charge in [-0.1, -0.05) is 12.8 Å². The molecule has 3 aromatic rings. The Kier molecular flexibility index (Phi) is 5.35. The van der Waals surface area contributed by atoms with Gasteiger partial charge >= 0.3 is 6.61 Å². The number of rotatable bonds is 6. The summed E-state index contributed by atoms with van der Waals surface area (Å²) in [5.74, 6) is 0.156. The van der Waals surface area contributed by atoms with Crippen LogP contribution >= 0.6 is 11.3 Å². The van der Waals surface area contributed by atoms with Gasteiger partial charge in [-0.3, -0.25) is 0 Å². The first-order valence-corrected chi connectivity index (χ1v) is 10.4. The second-order valence-electron chi connectivity index (χ2n) is 7.16. The van der Waals surface area contributed by atoms with E-state index in [4.69, 9.17) is 4.98 Å². The van der Waals surface area contributed by atoms with Crippen LogP contribution in [0.3, 0.4) is 0 Å². The van der Waals surface area contributed by atoms with Crippen LogP contribution in [0.25, 0.3) is 16.9 Å². The standard InChI is InChI=1S/C21H23F2N3OS/c1-13-11-18(19-12-28-21(25-19)24-15-5-3-4-6-15)14(2)26(13)16-7-9-17(10-8-16)27-20(22)23/h7-12,15,20H,3-6H2,1-2H3,(H,24,25). The molecule has 0 radical (unpaired) electrons. The van der Waals surface area contributed by atoms with Gasteiger partial charge in [-0.05, 0) is 57.0 Å². The van der Waals surface area contributed by atoms with Gasteiger partial charge in [0.25, 0.3) is 0 Å². The van der Waals surface area contributed by atoms with E-state index in [1.807, 2.05) is 6.92 Å². The van der Waals surface area contributed by atoms with Gasteiger partial charge in [-0.15, -0.1) is 11.3 Å². The summed E-state index contributed by atoms with van der Waals surface area (Å²) in [6, 6.07) is 9.36. The SMILES string of the molecule is Cc1cc(-c2csc(NC3CCCC3)n2)c(C)n1-c1ccc(OC(F)F)cc1. The van der Waals surface area contributed by atoms with E-state index in [0.717, 1.165) is 33.5 Å². The van der Waals surface area contributed by atoms with Gasteiger partial charge in [0, 0.05) is 34.1 Å². The number of aryl methyl sites for hydroxylation is 1. The van der Waals surface area contributed by atoms with Crippen LogP contribution in [0.2, 0.25) is 0 Å². The Morgan fingerprint density at radius 2 is 1.89 bits per heavy atom. The molecule has 1 aromatic carbocycles. The quantitative estimate of drug-likeness (QED) is 0.535. The van der Waals surface area contributed by atoms with Crippen LogP contribution in [0.15, 0.2) is 35.7 Å². The second kappa shape index (κ2) is 7.91. The van der Waals surface area contributed by atoms with Gasteiger partial charge in [0.05, 0.1) is 5.69 Å². The lowest BCUT2D eigenvalue weighted by atomic mass is 10.2. The highest BCUT2D eigenvalue weighted by molar-refractivity contribution is 7.14. The fourth-order valence-electron chi connectivity index (χ4n) is 3.90. The number of aromatic nitrogens is 2. The number of nitrogens with zero attached hydrogens (tertiary/aromatic N) is 2. The minimum Gasteiger partial charge on any atom is -0.435 e. The Morgan fingerprint density at radius 1 is 1.18 bits per heavy atom. The van der Waals surface area contributed by atoms with E-state index in [1.54, 1.807) is 35.6 Å². The van der Waals surface area contributed by atoms with E-state index >= 15 is 0 Å². The first-order chi connectivity index (χ1) is 13.5. The molecule has 7 heteroatoms. The topological polar surface area (TPSA) is 39.1 Å². The maximum atomic E-state index is 12.4. The zero-order chi connectivity index (χ0) is 19.7. The van der Waals surface area contributed by atoms with Crippen molar-refractivity contribution >= 4 is 16.5 Å². The first kappa shape index (κ1) is 18.9. The summed E-state index contributed by atoms with van der Waals surface area (Å²) in [4.78, 5) is 4.79. The van der Waals surface area contributed by atoms with Gasteiger partial charge in [0.2, 0.25) is 0 Å². The molecule has 0 unspecified atom stereocenters. The van der Waals surface area contributed by atoms with Gasteiger partial charge in [0.15, 0.2) is 5.13 Å². The summed E-state index contributed by atoms with van der Waals surface area (Å²) in [5.41, 5.74) is 5.08. The summed E-state index contributed by atoms with van der Waals surface area (Å²) >= 11 is 1.64. The smallest absolute Gasteiger partial charge is 0.387 e. The summed E-state index contributed by atoms with van der Waals surface area (Å²) in [6.45, 7) is 1.27. The van der Waals surface area contributed by atoms with Crippen molar-refractivity contribution in [2.24, 2.45) is 0 Å². The zero-order valence-electron chi connectivity index (χ0n) is 15.9. The molecule has 4 rings (SSSR count). The Labute approximate surface area is 167 Å². The number of thiazole rings is 1. The van der Waals surface area contributed by atoms with Crippen molar-refractivity contribution < 1.29 is 13.5 Å². The van der Waals surface area contributed by atoms with E-state index in [-0.39, 0.29) is 5.75 Å². The predicted molar refractivity (Wildman–Crippen MR) is 109 cm³/mol. The number of nitrogens with one attached hydrogen (secondary N) is 1. The number of ether oxygens (including phenoxy) is 1. The Hall–Kier alpha value is -2.41. The first-order valence-electron chi connectivity index (χ1n) is 9.48. The predicted octanol–water partition coefficient (Wildman–Crippen LogP) is 6.17. The molecule has 0 aliphatic heterocycles. The molecule has 1 fully saturated rings. The molecule has 28 heavy (non-hydrogen) atoms. The molecule has 2 heterocycles. The van der Waals surface area contributed by atoms with Crippen molar-refractivity contribution in [2.75, 3.05) is 5.32 Å². The normalized spacial score (nSPS) is 14.8. The van der Waals surface area contributed by atoms with Crippen molar-refractivity contribution in [3.63, 3.8) is 0 Å². The maximum absolute atomic E-state index is 12.4. The average molecular weight is 403 g/mol. The van der Waals surface area contributed by atoms with Crippen molar-refractivity contribution in [3.8, 4) is 22.7 Å². The minimum atomic E-state index is -2.82. The number of benzene rings is 1. The number of anilines is 1. The molecule has 4 nitrogen and oxygen atoms in total. The minimum absolute atomic E-state index is 0.156. The lowest BCUT2D eigenvalue weighted by Gasteiger charge is -2.11. The van der Waals surface area contributed by atoms with E-state index in [1.165, 1.54) is 25.7 Å². The summed E-state index contributed by atoms with van der Waals surface area (Å²) in [5, 5.41) is 6.61. The van der Waals surface area contributed by atoms with Crippen LogP contribution in [0.5, 0.6) is 5.75 Å². The molecule has 1 aliphatic rings. The second-order valence-corrected chi connectivity index (χ2v) is 8.01. The lowest BCUT2D eigenvalue weighted by molar-refractivity contribution is -0.0498. The van der Waals surface area contributed by atoms with Gasteiger partial charge in [-0.2, -0.15) is 8.78 Å². The maximum Gasteiger partial charge on any atom is 0.387 e. The van der Waals surface area contributed by atoms with Crippen molar-refractivity contribution in [2.45, 2.75) is 52.2 Å². The monoisotopic (exact) mass is 403 g/mol. The van der Waals surface area contributed by atoms with Crippen molar-refractivity contribution in [3.05, 3.63) is 47.1 Å². The highest BCUT2D eigenvalue weighted by Gasteiger charge is 2.18. The van der Waals surface area contributed by atoms with E-state index < -0.39 is 6.61 Å². The molecule has 2 aromatic heterocycles. The Bertz CT molecular complexity index is 943. The van der Waals surface area contributed by atoms with Crippen molar-refractivity contribution in [1.82, 2.24) is 9.55 Å². The fourth-order valence-corrected chi connectivity index (χ4v) is 4.69. The summed E-state index contributed by atoms with van der Waals surface area (Å²) in [7, 11) is 0. The number of halogens is 2. The summed E-state index contributed by atoms with van der Waals surface area (Å²) in [6.07, 6.45) is 5.01. The van der Waals surface area contributed by atoms with E-state index in [0.29, 0.717) is 6.04 Å². The highest BCUT2D eigenvalue weighted by Crippen LogP contribution is 2.33. The van der Waals surface area contributed by atoms with Gasteiger partial charge < -0.3 is 14.6 Å². The molecule has 1 aliphatic carbocycles. The van der Waals surface area contributed by atoms with Crippen LogP contribution in [0.4, 0.5) is 13.9 Å². The van der Waals surface area contributed by atoms with Crippen LogP contribution in [0, 0.1) is 13.8 Å². The molecule has 1 saturated carbocycles. The number of hydrogen-bond donors (Lipinski definition) is 1. The summed E-state index contributed by atoms with van der Waals surface area (Å²) < 4.78 is 31.3. The van der Waals surface area contributed by atoms with E-state index in [2.05, 4.69) is 33.0 Å². The van der Waals surface area contributed by atoms with Crippen LogP contribution in [-0.2, 0) is 0 Å². The van der Waals surface area contributed by atoms with Crippen molar-refractivity contribution in [1.29, 1.82) is 0 Å². The molecule has 0 bridgehead atoms. The number of hydrogen-bond acceptors (Lipinski definition) is 4. The Balaban J connectivity index is 1.58. The fraction of sp³-hybridized carbons (Fsp3) is 0.381. The van der Waals surface area contributed by atoms with Gasteiger partial charge in [-0.25, -0.2) is 4.98 Å². The molecule has 148 valence electrons. The highest BCUT2D eigenvalue weighted by atomic mass is 32.1. The average Bonchev–Trinajstić information content (AvgIpc) is 3.38. The third kappa shape index (κ3) is 3.90. The molecule has 0 spiro atoms. The van der Waals surface area contributed by atoms with Crippen LogP contribution in [-0.4, -0.2) is 22.2 Å². The molecular formula is C21H23F2N3OS. The van der Waals surface area contributed by atoms with Gasteiger partial charge in [0.1, 0.15) is 5.75 Å². The van der Waals surface area contributed by atoms with Crippen LogP contribution in [0.1, 0.15) is 37.1 Å². The molecule has 1 N–H and O–H groups in total. The third-order valence-electron chi connectivity index (χ3n) is 5.21. The number of alkyl halides is 2. The largest absolute Gasteiger partial charge is 0.435 e. The Morgan fingerprint density at radius 3 is 2.57 bits per heavy atom. The zero-order valence-corrected chi connectivity index (χ0v) is 16.7. The van der Waals surface area contributed by atoms with E-state index in [9.17, 15) is 8.78 Å².